The van der Waals surface area contributed by atoms with E-state index < -0.39 is 27.9 Å². The molecule has 0 fully saturated rings. The third kappa shape index (κ3) is 6.10. The standard InChI is InChI=1S/C30H31F4N3O4S/c1-19-26-16-35-37(24-11-9-23(31)10-12-24)27(26)15-21-7-8-22(28(19)21)17-36(42(39,40)18-30(32,33)34)14-13-20-5-3-4-6-25(20)29(38)41-2/h3-6,9-12,15-16,19,22,35H,7-8,13-14,17-18H2,1-2H3/t19-,22+/m0/s1. The molecule has 2 aromatic carbocycles. The molecule has 224 valence electrons. The molecular formula is C30H31F4N3O4S. The number of hydrogen-bond donors (Lipinski definition) is 1. The first-order valence-electron chi connectivity index (χ1n) is 13.6. The Hall–Kier alpha value is -3.64. The van der Waals surface area contributed by atoms with Crippen molar-refractivity contribution in [3.05, 3.63) is 100 Å². The first-order valence-corrected chi connectivity index (χ1v) is 15.2. The summed E-state index contributed by atoms with van der Waals surface area (Å²) in [7, 11) is -3.48. The molecule has 0 saturated carbocycles. The molecule has 2 atom stereocenters. The molecule has 1 aliphatic heterocycles. The number of ether oxygens (including phenoxy) is 1. The van der Waals surface area contributed by atoms with Crippen molar-refractivity contribution >= 4 is 21.7 Å². The van der Waals surface area contributed by atoms with Gasteiger partial charge in [0.1, 0.15) is 5.82 Å². The first-order chi connectivity index (χ1) is 19.9. The highest BCUT2D eigenvalue weighted by Crippen LogP contribution is 2.48. The molecule has 7 nitrogen and oxygen atoms in total. The average molecular weight is 606 g/mol. The summed E-state index contributed by atoms with van der Waals surface area (Å²) in [6, 6.07) is 12.6. The second kappa shape index (κ2) is 11.6. The lowest BCUT2D eigenvalue weighted by Crippen LogP contribution is -2.42. The summed E-state index contributed by atoms with van der Waals surface area (Å²) < 4.78 is 85.5. The van der Waals surface area contributed by atoms with E-state index in [4.69, 9.17) is 4.74 Å². The number of halogens is 4. The van der Waals surface area contributed by atoms with Gasteiger partial charge in [0, 0.05) is 30.8 Å². The fourth-order valence-corrected chi connectivity index (χ4v) is 7.46. The number of hydrogen-bond acceptors (Lipinski definition) is 6. The number of rotatable bonds is 9. The van der Waals surface area contributed by atoms with Gasteiger partial charge in [-0.15, -0.1) is 0 Å². The van der Waals surface area contributed by atoms with Gasteiger partial charge >= 0.3 is 12.1 Å². The Morgan fingerprint density at radius 3 is 2.55 bits per heavy atom. The smallest absolute Gasteiger partial charge is 0.404 e. The molecule has 0 aromatic heterocycles. The molecule has 2 aromatic rings. The Labute approximate surface area is 242 Å². The van der Waals surface area contributed by atoms with Crippen molar-refractivity contribution in [1.82, 2.24) is 9.73 Å². The fraction of sp³-hybridized carbons (Fsp3) is 0.367. The number of alkyl halides is 3. The summed E-state index contributed by atoms with van der Waals surface area (Å²) in [5.74, 6) is -3.31. The van der Waals surface area contributed by atoms with Crippen molar-refractivity contribution in [2.45, 2.75) is 32.4 Å². The van der Waals surface area contributed by atoms with E-state index in [1.54, 1.807) is 30.3 Å². The van der Waals surface area contributed by atoms with E-state index in [2.05, 4.69) is 5.43 Å². The van der Waals surface area contributed by atoms with Crippen molar-refractivity contribution < 1.29 is 35.5 Å². The maximum Gasteiger partial charge on any atom is 0.404 e. The molecule has 5 rings (SSSR count). The summed E-state index contributed by atoms with van der Waals surface area (Å²) in [4.78, 5) is 12.2. The number of anilines is 1. The zero-order valence-electron chi connectivity index (χ0n) is 23.1. The normalized spacial score (nSPS) is 20.2. The molecular weight excluding hydrogens is 574 g/mol. The average Bonchev–Trinajstić information content (AvgIpc) is 3.54. The number of fused-ring (bicyclic) bond motifs is 1. The molecule has 1 heterocycles. The Balaban J connectivity index is 1.42. The van der Waals surface area contributed by atoms with E-state index in [0.29, 0.717) is 18.4 Å². The Bertz CT molecular complexity index is 1570. The van der Waals surface area contributed by atoms with Crippen molar-refractivity contribution in [1.29, 1.82) is 0 Å². The van der Waals surface area contributed by atoms with Crippen LogP contribution in [0.25, 0.3) is 0 Å². The van der Waals surface area contributed by atoms with Gasteiger partial charge in [0.2, 0.25) is 10.0 Å². The SMILES string of the molecule is COC(=O)c1ccccc1CCN(C[C@H]1CCC2=C1[C@@H](C)C1=CNN(c3ccc(F)cc3)C1=C2)S(=O)(=O)CC(F)(F)F. The number of methoxy groups -OCH3 is 1. The Morgan fingerprint density at radius 1 is 1.14 bits per heavy atom. The van der Waals surface area contributed by atoms with Gasteiger partial charge < -0.3 is 10.2 Å². The highest BCUT2D eigenvalue weighted by Gasteiger charge is 2.42. The monoisotopic (exact) mass is 605 g/mol. The largest absolute Gasteiger partial charge is 0.465 e. The lowest BCUT2D eigenvalue weighted by atomic mass is 9.80. The molecule has 1 N–H and O–H groups in total. The molecule has 0 spiro atoms. The highest BCUT2D eigenvalue weighted by atomic mass is 32.2. The van der Waals surface area contributed by atoms with Gasteiger partial charge in [-0.1, -0.05) is 30.7 Å². The maximum atomic E-state index is 13.5. The van der Waals surface area contributed by atoms with Crippen LogP contribution in [-0.4, -0.2) is 50.8 Å². The van der Waals surface area contributed by atoms with Gasteiger partial charge in [-0.3, -0.25) is 5.01 Å². The summed E-state index contributed by atoms with van der Waals surface area (Å²) in [5.41, 5.74) is 8.57. The van der Waals surface area contributed by atoms with E-state index in [9.17, 15) is 30.8 Å². The van der Waals surface area contributed by atoms with E-state index in [0.717, 1.165) is 32.4 Å². The van der Waals surface area contributed by atoms with Crippen LogP contribution in [-0.2, 0) is 21.2 Å². The van der Waals surface area contributed by atoms with E-state index >= 15 is 0 Å². The molecule has 3 aliphatic rings. The van der Waals surface area contributed by atoms with Gasteiger partial charge in [0.15, 0.2) is 5.75 Å². The van der Waals surface area contributed by atoms with Crippen LogP contribution in [0.3, 0.4) is 0 Å². The minimum absolute atomic E-state index is 0.0439. The second-order valence-corrected chi connectivity index (χ2v) is 12.6. The molecule has 0 unspecified atom stereocenters. The van der Waals surface area contributed by atoms with Crippen LogP contribution in [0.1, 0.15) is 35.7 Å². The summed E-state index contributed by atoms with van der Waals surface area (Å²) in [6.07, 6.45) is 0.249. The molecule has 0 bridgehead atoms. The van der Waals surface area contributed by atoms with Gasteiger partial charge in [-0.25, -0.2) is 21.9 Å². The second-order valence-electron chi connectivity index (χ2n) is 10.6. The van der Waals surface area contributed by atoms with Crippen LogP contribution in [0.15, 0.2) is 83.2 Å². The fourth-order valence-electron chi connectivity index (χ4n) is 6.09. The summed E-state index contributed by atoms with van der Waals surface area (Å²) in [6.45, 7) is 1.68. The predicted molar refractivity (Wildman–Crippen MR) is 150 cm³/mol. The number of nitrogens with zero attached hydrogens (tertiary/aromatic N) is 2. The van der Waals surface area contributed by atoms with Gasteiger partial charge in [-0.05, 0) is 72.7 Å². The number of hydrazine groups is 1. The molecule has 12 heteroatoms. The Morgan fingerprint density at radius 2 is 1.86 bits per heavy atom. The van der Waals surface area contributed by atoms with Gasteiger partial charge in [0.25, 0.3) is 0 Å². The molecule has 42 heavy (non-hydrogen) atoms. The number of carbonyl (C=O) groups is 1. The van der Waals surface area contributed by atoms with Crippen molar-refractivity contribution in [2.24, 2.45) is 11.8 Å². The number of benzene rings is 2. The lowest BCUT2D eigenvalue weighted by molar-refractivity contribution is -0.107. The molecule has 2 aliphatic carbocycles. The topological polar surface area (TPSA) is 79.0 Å². The van der Waals surface area contributed by atoms with Gasteiger partial charge in [0.05, 0.1) is 24.1 Å². The minimum atomic E-state index is -4.90. The van der Waals surface area contributed by atoms with Crippen LogP contribution in [0, 0.1) is 17.7 Å². The number of esters is 1. The number of sulfonamides is 1. The Kier molecular flexibility index (Phi) is 8.21. The summed E-state index contributed by atoms with van der Waals surface area (Å²) in [5, 5.41) is 1.85. The lowest BCUT2D eigenvalue weighted by Gasteiger charge is -2.32. The van der Waals surface area contributed by atoms with Gasteiger partial charge in [-0.2, -0.15) is 13.2 Å². The third-order valence-electron chi connectivity index (χ3n) is 8.00. The van der Waals surface area contributed by atoms with Crippen molar-refractivity contribution in [2.75, 3.05) is 31.0 Å². The van der Waals surface area contributed by atoms with Crippen LogP contribution in [0.2, 0.25) is 0 Å². The highest BCUT2D eigenvalue weighted by molar-refractivity contribution is 7.89. The number of nitrogens with one attached hydrogen (secondary N) is 1. The number of allylic oxidation sites excluding steroid dienone is 3. The minimum Gasteiger partial charge on any atom is -0.465 e. The molecule has 0 amide bonds. The zero-order valence-corrected chi connectivity index (χ0v) is 23.9. The predicted octanol–water partition coefficient (Wildman–Crippen LogP) is 5.50. The van der Waals surface area contributed by atoms with E-state index in [1.165, 1.54) is 25.3 Å². The zero-order chi connectivity index (χ0) is 30.2. The van der Waals surface area contributed by atoms with Crippen LogP contribution >= 0.6 is 0 Å². The van der Waals surface area contributed by atoms with Crippen LogP contribution < -0.4 is 10.4 Å². The summed E-state index contributed by atoms with van der Waals surface area (Å²) >= 11 is 0. The van der Waals surface area contributed by atoms with E-state index in [1.807, 2.05) is 24.2 Å². The molecule has 0 saturated heterocycles. The third-order valence-corrected chi connectivity index (χ3v) is 9.81. The van der Waals surface area contributed by atoms with Crippen molar-refractivity contribution in [3.63, 3.8) is 0 Å². The van der Waals surface area contributed by atoms with Crippen LogP contribution in [0.4, 0.5) is 23.2 Å². The maximum absolute atomic E-state index is 13.5. The number of carbonyl (C=O) groups excluding carboxylic acids is 1. The first kappa shape index (κ1) is 29.8. The quantitative estimate of drug-likeness (QED) is 0.301. The van der Waals surface area contributed by atoms with E-state index in [-0.39, 0.29) is 42.7 Å². The van der Waals surface area contributed by atoms with Crippen molar-refractivity contribution in [3.8, 4) is 0 Å². The molecule has 0 radical (unpaired) electrons. The van der Waals surface area contributed by atoms with Crippen LogP contribution in [0.5, 0.6) is 0 Å².